The Morgan fingerprint density at radius 2 is 1.82 bits per heavy atom. The fourth-order valence-electron chi connectivity index (χ4n) is 3.50. The number of ether oxygens (including phenoxy) is 4. The van der Waals surface area contributed by atoms with Crippen molar-refractivity contribution in [2.24, 2.45) is 0 Å². The zero-order chi connectivity index (χ0) is 23.6. The number of nitrogens with two attached hydrogens (primary N) is 1. The average molecular weight is 458 g/mol. The van der Waals surface area contributed by atoms with E-state index in [0.29, 0.717) is 40.4 Å². The first-order chi connectivity index (χ1) is 16.1. The lowest BCUT2D eigenvalue weighted by Crippen LogP contribution is -2.37. The summed E-state index contributed by atoms with van der Waals surface area (Å²) in [4.78, 5) is 6.77. The minimum absolute atomic E-state index is 0.0871. The zero-order valence-corrected chi connectivity index (χ0v) is 19.5. The van der Waals surface area contributed by atoms with Crippen LogP contribution in [0.15, 0.2) is 42.6 Å². The van der Waals surface area contributed by atoms with Gasteiger partial charge in [0.1, 0.15) is 5.75 Å². The van der Waals surface area contributed by atoms with Crippen LogP contribution in [0.1, 0.15) is 20.3 Å². The Morgan fingerprint density at radius 1 is 1.03 bits per heavy atom. The molecule has 3 aromatic rings. The Kier molecular flexibility index (Phi) is 9.09. The Labute approximate surface area is 194 Å². The van der Waals surface area contributed by atoms with E-state index in [-0.39, 0.29) is 5.75 Å². The van der Waals surface area contributed by atoms with Gasteiger partial charge in [-0.1, -0.05) is 13.8 Å². The van der Waals surface area contributed by atoms with Crippen LogP contribution in [0, 0.1) is 5.82 Å². The van der Waals surface area contributed by atoms with Crippen LogP contribution >= 0.6 is 0 Å². The number of pyridine rings is 1. The number of methoxy groups -OCH3 is 1. The number of benzene rings is 2. The fraction of sp³-hybridized carbons (Fsp3) is 0.400. The number of aromatic nitrogens is 1. The molecule has 2 N–H and O–H groups in total. The maximum Gasteiger partial charge on any atom is 0.167 e. The minimum atomic E-state index is -0.530. The molecule has 0 spiro atoms. The summed E-state index contributed by atoms with van der Waals surface area (Å²) in [5, 5.41) is 0.691. The van der Waals surface area contributed by atoms with Crippen LogP contribution < -0.4 is 19.9 Å². The van der Waals surface area contributed by atoms with Crippen molar-refractivity contribution in [2.75, 3.05) is 52.3 Å². The highest BCUT2D eigenvalue weighted by atomic mass is 19.1. The van der Waals surface area contributed by atoms with Crippen LogP contribution in [0.3, 0.4) is 0 Å². The highest BCUT2D eigenvalue weighted by Crippen LogP contribution is 2.37. The first kappa shape index (κ1) is 24.5. The molecule has 4 rings (SSSR count). The molecule has 1 aliphatic heterocycles. The number of nitrogen functional groups attached to an aromatic ring is 1. The van der Waals surface area contributed by atoms with Gasteiger partial charge >= 0.3 is 0 Å². The highest BCUT2D eigenvalue weighted by Gasteiger charge is 2.14. The molecule has 0 saturated carbocycles. The zero-order valence-electron chi connectivity index (χ0n) is 19.5. The molecular formula is C25H32FN3O4. The maximum atomic E-state index is 14.2. The van der Waals surface area contributed by atoms with Gasteiger partial charge in [-0.3, -0.25) is 9.88 Å². The van der Waals surface area contributed by atoms with Crippen LogP contribution in [0.5, 0.6) is 23.0 Å². The molecule has 2 heterocycles. The number of halogens is 1. The molecule has 1 saturated heterocycles. The van der Waals surface area contributed by atoms with E-state index in [1.54, 1.807) is 31.5 Å². The minimum Gasteiger partial charge on any atom is -0.493 e. The van der Waals surface area contributed by atoms with Gasteiger partial charge in [-0.25, -0.2) is 4.39 Å². The molecule has 0 amide bonds. The number of rotatable bonds is 8. The van der Waals surface area contributed by atoms with Crippen molar-refractivity contribution in [1.82, 2.24) is 9.88 Å². The van der Waals surface area contributed by atoms with Gasteiger partial charge in [0, 0.05) is 49.0 Å². The van der Waals surface area contributed by atoms with E-state index in [0.717, 1.165) is 39.3 Å². The maximum absolute atomic E-state index is 14.2. The standard InChI is InChI=1S/C23H26FN3O4.C2H6/c1-28-22-14-17-19(15-23(22)30-10-2-7-27-8-11-29-12-9-27)26-6-5-20(17)31-21-4-3-16(25)13-18(21)24;1-2/h3-6,13-15H,2,7-12,25H2,1H3;1-2H3. The fourth-order valence-corrected chi connectivity index (χ4v) is 3.50. The van der Waals surface area contributed by atoms with Gasteiger partial charge in [0.25, 0.3) is 0 Å². The monoisotopic (exact) mass is 457 g/mol. The quantitative estimate of drug-likeness (QED) is 0.381. The number of morpholine rings is 1. The molecule has 33 heavy (non-hydrogen) atoms. The highest BCUT2D eigenvalue weighted by molar-refractivity contribution is 5.88. The molecule has 0 unspecified atom stereocenters. The predicted molar refractivity (Wildman–Crippen MR) is 128 cm³/mol. The lowest BCUT2D eigenvalue weighted by atomic mass is 10.1. The van der Waals surface area contributed by atoms with Crippen LogP contribution in [0.25, 0.3) is 10.9 Å². The largest absolute Gasteiger partial charge is 0.493 e. The Balaban J connectivity index is 0.00000149. The van der Waals surface area contributed by atoms with Crippen molar-refractivity contribution in [3.8, 4) is 23.0 Å². The van der Waals surface area contributed by atoms with Crippen LogP contribution in [-0.4, -0.2) is 56.4 Å². The number of anilines is 1. The first-order valence-electron chi connectivity index (χ1n) is 11.3. The summed E-state index contributed by atoms with van der Waals surface area (Å²) in [6, 6.07) is 9.60. The lowest BCUT2D eigenvalue weighted by Gasteiger charge is -2.26. The molecule has 0 bridgehead atoms. The van der Waals surface area contributed by atoms with E-state index in [1.165, 1.54) is 12.1 Å². The van der Waals surface area contributed by atoms with E-state index in [1.807, 2.05) is 19.9 Å². The van der Waals surface area contributed by atoms with Gasteiger partial charge in [-0.05, 0) is 30.7 Å². The van der Waals surface area contributed by atoms with E-state index in [2.05, 4.69) is 9.88 Å². The van der Waals surface area contributed by atoms with Crippen molar-refractivity contribution < 1.29 is 23.3 Å². The van der Waals surface area contributed by atoms with Crippen molar-refractivity contribution in [1.29, 1.82) is 0 Å². The molecule has 178 valence electrons. The predicted octanol–water partition coefficient (Wildman–Crippen LogP) is 4.88. The van der Waals surface area contributed by atoms with E-state index < -0.39 is 5.82 Å². The normalized spacial score (nSPS) is 13.8. The number of hydrogen-bond acceptors (Lipinski definition) is 7. The van der Waals surface area contributed by atoms with Gasteiger partial charge < -0.3 is 24.7 Å². The van der Waals surface area contributed by atoms with Gasteiger partial charge in [-0.15, -0.1) is 0 Å². The summed E-state index contributed by atoms with van der Waals surface area (Å²) >= 11 is 0. The smallest absolute Gasteiger partial charge is 0.167 e. The van der Waals surface area contributed by atoms with Crippen LogP contribution in [0.4, 0.5) is 10.1 Å². The molecule has 1 aliphatic rings. The molecule has 8 heteroatoms. The second kappa shape index (κ2) is 12.2. The summed E-state index contributed by atoms with van der Waals surface area (Å²) in [5.41, 5.74) is 6.61. The number of nitrogens with zero attached hydrogens (tertiary/aromatic N) is 2. The third kappa shape index (κ3) is 6.46. The number of hydrogen-bond donors (Lipinski definition) is 1. The van der Waals surface area contributed by atoms with Crippen LogP contribution in [-0.2, 0) is 4.74 Å². The van der Waals surface area contributed by atoms with Crippen molar-refractivity contribution in [3.05, 3.63) is 48.4 Å². The molecule has 0 atom stereocenters. The molecule has 2 aromatic carbocycles. The summed E-state index contributed by atoms with van der Waals surface area (Å²) in [5.74, 6) is 1.20. The molecule has 0 radical (unpaired) electrons. The van der Waals surface area contributed by atoms with Gasteiger partial charge in [-0.2, -0.15) is 0 Å². The van der Waals surface area contributed by atoms with Crippen LogP contribution in [0.2, 0.25) is 0 Å². The summed E-state index contributed by atoms with van der Waals surface area (Å²) in [6.45, 7) is 9.02. The number of fused-ring (bicyclic) bond motifs is 1. The summed E-state index contributed by atoms with van der Waals surface area (Å²) in [7, 11) is 1.58. The third-order valence-corrected chi connectivity index (χ3v) is 5.14. The molecular weight excluding hydrogens is 425 g/mol. The Hall–Kier alpha value is -3.10. The first-order valence-corrected chi connectivity index (χ1v) is 11.3. The van der Waals surface area contributed by atoms with Crippen molar-refractivity contribution >= 4 is 16.6 Å². The average Bonchev–Trinajstić information content (AvgIpc) is 2.85. The topological polar surface area (TPSA) is 79.1 Å². The van der Waals surface area contributed by atoms with E-state index >= 15 is 0 Å². The summed E-state index contributed by atoms with van der Waals surface area (Å²) < 4.78 is 36.8. The van der Waals surface area contributed by atoms with E-state index in [9.17, 15) is 4.39 Å². The van der Waals surface area contributed by atoms with Gasteiger partial charge in [0.2, 0.25) is 0 Å². The molecule has 1 aromatic heterocycles. The summed E-state index contributed by atoms with van der Waals surface area (Å²) in [6.07, 6.45) is 2.51. The Morgan fingerprint density at radius 3 is 2.55 bits per heavy atom. The van der Waals surface area contributed by atoms with Gasteiger partial charge in [0.15, 0.2) is 23.1 Å². The molecule has 7 nitrogen and oxygen atoms in total. The SMILES string of the molecule is CC.COc1cc2c(Oc3ccc(N)cc3F)ccnc2cc1OCCCN1CCOCC1. The molecule has 0 aliphatic carbocycles. The second-order valence-electron chi connectivity index (χ2n) is 7.28. The molecule has 1 fully saturated rings. The Bertz CT molecular complexity index is 1040. The lowest BCUT2D eigenvalue weighted by molar-refractivity contribution is 0.0357. The van der Waals surface area contributed by atoms with Gasteiger partial charge in [0.05, 0.1) is 32.4 Å². The second-order valence-corrected chi connectivity index (χ2v) is 7.28. The third-order valence-electron chi connectivity index (χ3n) is 5.14. The van der Waals surface area contributed by atoms with Crippen molar-refractivity contribution in [3.63, 3.8) is 0 Å². The van der Waals surface area contributed by atoms with Crippen molar-refractivity contribution in [2.45, 2.75) is 20.3 Å². The van der Waals surface area contributed by atoms with E-state index in [4.69, 9.17) is 24.7 Å².